The van der Waals surface area contributed by atoms with Gasteiger partial charge in [-0.2, -0.15) is 0 Å². The first kappa shape index (κ1) is 10.3. The Hall–Kier alpha value is -0.730. The van der Waals surface area contributed by atoms with Crippen molar-refractivity contribution >= 4 is 23.5 Å². The van der Waals surface area contributed by atoms with Crippen molar-refractivity contribution in [1.29, 1.82) is 0 Å². The van der Waals surface area contributed by atoms with E-state index in [2.05, 4.69) is 17.2 Å². The number of aliphatic imine (C=N–C) groups is 1. The van der Waals surface area contributed by atoms with Crippen molar-refractivity contribution in [3.05, 3.63) is 0 Å². The average Bonchev–Trinajstić information content (AvgIpc) is 1.83. The maximum atomic E-state index is 10.6. The van der Waals surface area contributed by atoms with E-state index in [1.54, 1.807) is 0 Å². The lowest BCUT2D eigenvalue weighted by Crippen LogP contribution is -2.16. The zero-order valence-electron chi connectivity index (χ0n) is 6.88. The van der Waals surface area contributed by atoms with Crippen LogP contribution >= 0.6 is 12.2 Å². The summed E-state index contributed by atoms with van der Waals surface area (Å²) in [6.07, 6.45) is -0.671. The van der Waals surface area contributed by atoms with Gasteiger partial charge < -0.3 is 4.74 Å². The third-order valence-electron chi connectivity index (χ3n) is 0.766. The fourth-order valence-corrected chi connectivity index (χ4v) is 0.422. The van der Waals surface area contributed by atoms with Crippen LogP contribution in [0.4, 0.5) is 4.79 Å². The summed E-state index contributed by atoms with van der Waals surface area (Å²) in [5.74, 6) is 0. The van der Waals surface area contributed by atoms with Crippen LogP contribution in [0.3, 0.4) is 0 Å². The van der Waals surface area contributed by atoms with Crippen LogP contribution in [0.5, 0.6) is 0 Å². The Morgan fingerprint density at radius 1 is 1.64 bits per heavy atom. The van der Waals surface area contributed by atoms with Crippen LogP contribution in [0.25, 0.3) is 0 Å². The van der Waals surface area contributed by atoms with E-state index >= 15 is 0 Å². The van der Waals surface area contributed by atoms with Gasteiger partial charge in [0, 0.05) is 0 Å². The third-order valence-corrected chi connectivity index (χ3v) is 0.857. The summed E-state index contributed by atoms with van der Waals surface area (Å²) in [6, 6.07) is 0. The van der Waals surface area contributed by atoms with E-state index in [0.717, 1.165) is 0 Å². The Labute approximate surface area is 71.5 Å². The number of thiocarbonyl (C=S) groups is 1. The highest BCUT2D eigenvalue weighted by atomic mass is 32.1. The first-order valence-corrected chi connectivity index (χ1v) is 3.61. The molecular formula is C7H11NO2S. The van der Waals surface area contributed by atoms with Crippen molar-refractivity contribution in [3.8, 4) is 0 Å². The molecule has 62 valence electrons. The van der Waals surface area contributed by atoms with Gasteiger partial charge in [-0.3, -0.25) is 0 Å². The summed E-state index contributed by atoms with van der Waals surface area (Å²) in [5.41, 5.74) is -0.0351. The van der Waals surface area contributed by atoms with Crippen LogP contribution in [-0.2, 0) is 4.74 Å². The molecule has 1 amide bonds. The highest BCUT2D eigenvalue weighted by Gasteiger charge is 2.12. The second-order valence-electron chi connectivity index (χ2n) is 3.32. The Morgan fingerprint density at radius 2 is 2.18 bits per heavy atom. The van der Waals surface area contributed by atoms with Gasteiger partial charge in [0.05, 0.1) is 11.8 Å². The number of nitrogens with zero attached hydrogens (tertiary/aromatic N) is 1. The van der Waals surface area contributed by atoms with Crippen LogP contribution < -0.4 is 0 Å². The maximum Gasteiger partial charge on any atom is 0.442 e. The van der Waals surface area contributed by atoms with Crippen molar-refractivity contribution in [2.75, 3.05) is 6.61 Å². The molecule has 0 aliphatic rings. The molecule has 4 heteroatoms. The van der Waals surface area contributed by atoms with E-state index in [0.29, 0.717) is 6.61 Å². The van der Waals surface area contributed by atoms with E-state index in [1.165, 1.54) is 0 Å². The molecule has 0 heterocycles. The lowest BCUT2D eigenvalue weighted by Gasteiger charge is -2.15. The molecule has 11 heavy (non-hydrogen) atoms. The number of hydrogen-bond donors (Lipinski definition) is 0. The first-order chi connectivity index (χ1) is 4.95. The predicted molar refractivity (Wildman–Crippen MR) is 45.8 cm³/mol. The van der Waals surface area contributed by atoms with Crippen LogP contribution in [0, 0.1) is 5.41 Å². The minimum atomic E-state index is -0.671. The summed E-state index contributed by atoms with van der Waals surface area (Å²) in [5, 5.41) is 1.94. The second kappa shape index (κ2) is 4.21. The quantitative estimate of drug-likeness (QED) is 0.451. The van der Waals surface area contributed by atoms with Gasteiger partial charge in [0.2, 0.25) is 0 Å². The molecule has 0 saturated heterocycles. The molecule has 0 aliphatic carbocycles. The summed E-state index contributed by atoms with van der Waals surface area (Å²) >= 11 is 4.22. The van der Waals surface area contributed by atoms with Crippen molar-refractivity contribution in [2.45, 2.75) is 20.8 Å². The van der Waals surface area contributed by atoms with Gasteiger partial charge in [-0.05, 0) is 17.6 Å². The first-order valence-electron chi connectivity index (χ1n) is 3.20. The zero-order chi connectivity index (χ0) is 8.91. The van der Waals surface area contributed by atoms with Crippen molar-refractivity contribution in [1.82, 2.24) is 0 Å². The zero-order valence-corrected chi connectivity index (χ0v) is 7.70. The Balaban J connectivity index is 3.72. The van der Waals surface area contributed by atoms with E-state index in [1.807, 2.05) is 25.9 Å². The molecule has 0 aromatic rings. The molecule has 0 saturated carbocycles. The monoisotopic (exact) mass is 173 g/mol. The molecule has 0 bridgehead atoms. The van der Waals surface area contributed by atoms with E-state index in [4.69, 9.17) is 4.74 Å². The summed E-state index contributed by atoms with van der Waals surface area (Å²) in [6.45, 7) is 6.22. The molecule has 0 atom stereocenters. The molecule has 0 fully saturated rings. The number of carbonyl (C=O) groups is 1. The molecule has 0 aliphatic heterocycles. The van der Waals surface area contributed by atoms with Crippen LogP contribution in [0.1, 0.15) is 20.8 Å². The highest BCUT2D eigenvalue weighted by molar-refractivity contribution is 7.78. The number of carbonyl (C=O) groups excluding carboxylic acids is 1. The molecule has 0 rings (SSSR count). The predicted octanol–water partition coefficient (Wildman–Crippen LogP) is 2.27. The van der Waals surface area contributed by atoms with E-state index in [9.17, 15) is 4.79 Å². The molecule has 0 unspecified atom stereocenters. The van der Waals surface area contributed by atoms with Gasteiger partial charge >= 0.3 is 6.09 Å². The number of amides is 1. The van der Waals surface area contributed by atoms with Gasteiger partial charge in [-0.15, -0.1) is 4.99 Å². The van der Waals surface area contributed by atoms with Crippen molar-refractivity contribution in [3.63, 3.8) is 0 Å². The number of ether oxygens (including phenoxy) is 1. The summed E-state index contributed by atoms with van der Waals surface area (Å²) in [4.78, 5) is 13.7. The minimum absolute atomic E-state index is 0.0351. The maximum absolute atomic E-state index is 10.6. The standard InChI is InChI=1S/C7H11NO2S/c1-7(2,3)4-10-6(9)8-5-11/h4H2,1-3H3. The fourth-order valence-electron chi connectivity index (χ4n) is 0.348. The lowest BCUT2D eigenvalue weighted by atomic mass is 9.99. The highest BCUT2D eigenvalue weighted by Crippen LogP contribution is 2.12. The van der Waals surface area contributed by atoms with Gasteiger partial charge in [0.1, 0.15) is 0 Å². The Kier molecular flexibility index (Phi) is 3.93. The molecular weight excluding hydrogens is 162 g/mol. The van der Waals surface area contributed by atoms with Crippen molar-refractivity contribution in [2.24, 2.45) is 10.4 Å². The van der Waals surface area contributed by atoms with Gasteiger partial charge in [0.25, 0.3) is 0 Å². The molecule has 0 radical (unpaired) electrons. The molecule has 0 aromatic heterocycles. The van der Waals surface area contributed by atoms with Gasteiger partial charge in [-0.1, -0.05) is 20.8 Å². The summed E-state index contributed by atoms with van der Waals surface area (Å²) in [7, 11) is 0. The van der Waals surface area contributed by atoms with Crippen LogP contribution in [0.15, 0.2) is 4.99 Å². The fraction of sp³-hybridized carbons (Fsp3) is 0.714. The second-order valence-corrected chi connectivity index (χ2v) is 3.50. The molecule has 0 aromatic carbocycles. The smallest absolute Gasteiger partial charge is 0.442 e. The van der Waals surface area contributed by atoms with E-state index in [-0.39, 0.29) is 5.41 Å². The Morgan fingerprint density at radius 3 is 2.55 bits per heavy atom. The Bertz CT molecular complexity index is 189. The number of hydrogen-bond acceptors (Lipinski definition) is 3. The van der Waals surface area contributed by atoms with Gasteiger partial charge in [-0.25, -0.2) is 4.79 Å². The molecule has 0 N–H and O–H groups in total. The minimum Gasteiger partial charge on any atom is -0.447 e. The normalized spacial score (nSPS) is 10.1. The largest absolute Gasteiger partial charge is 0.447 e. The molecule has 0 spiro atoms. The summed E-state index contributed by atoms with van der Waals surface area (Å²) < 4.78 is 4.71. The number of isothiocyanates is 1. The van der Waals surface area contributed by atoms with E-state index < -0.39 is 6.09 Å². The SMILES string of the molecule is CC(C)(C)COC(=O)N=C=S. The van der Waals surface area contributed by atoms with Crippen LogP contribution in [-0.4, -0.2) is 17.9 Å². The van der Waals surface area contributed by atoms with Crippen LogP contribution in [0.2, 0.25) is 0 Å². The topological polar surface area (TPSA) is 38.7 Å². The lowest BCUT2D eigenvalue weighted by molar-refractivity contribution is 0.115. The molecule has 3 nitrogen and oxygen atoms in total. The third kappa shape index (κ3) is 7.16. The van der Waals surface area contributed by atoms with Crippen molar-refractivity contribution < 1.29 is 9.53 Å². The average molecular weight is 173 g/mol. The van der Waals surface area contributed by atoms with Gasteiger partial charge in [0.15, 0.2) is 0 Å². The number of rotatable bonds is 1.